The van der Waals surface area contributed by atoms with E-state index in [9.17, 15) is 4.79 Å². The van der Waals surface area contributed by atoms with Crippen LogP contribution in [0.1, 0.15) is 20.8 Å². The van der Waals surface area contributed by atoms with Crippen LogP contribution in [0.5, 0.6) is 0 Å². The van der Waals surface area contributed by atoms with Gasteiger partial charge in [-0.15, -0.1) is 0 Å². The highest BCUT2D eigenvalue weighted by atomic mass is 32.2. The Morgan fingerprint density at radius 3 is 2.69 bits per heavy atom. The molecule has 0 aromatic carbocycles. The van der Waals surface area contributed by atoms with Crippen LogP contribution < -0.4 is 10.6 Å². The van der Waals surface area contributed by atoms with E-state index in [0.29, 0.717) is 17.3 Å². The van der Waals surface area contributed by atoms with Gasteiger partial charge >= 0.3 is 6.03 Å². The molecule has 0 aliphatic carbocycles. The first-order valence-corrected chi connectivity index (χ1v) is 5.72. The van der Waals surface area contributed by atoms with Crippen LogP contribution in [0.4, 0.5) is 4.79 Å². The molecule has 0 spiro atoms. The first-order valence-electron chi connectivity index (χ1n) is 4.67. The topological polar surface area (TPSA) is 41.1 Å². The molecule has 4 heteroatoms. The van der Waals surface area contributed by atoms with Crippen molar-refractivity contribution in [3.63, 3.8) is 0 Å². The predicted octanol–water partition coefficient (Wildman–Crippen LogP) is 1.20. The van der Waals surface area contributed by atoms with Gasteiger partial charge in [0.25, 0.3) is 0 Å². The highest BCUT2D eigenvalue weighted by molar-refractivity contribution is 8.00. The van der Waals surface area contributed by atoms with E-state index in [0.717, 1.165) is 5.75 Å². The van der Waals surface area contributed by atoms with Gasteiger partial charge in [-0.25, -0.2) is 4.79 Å². The second kappa shape index (κ2) is 2.80. The molecule has 2 aliphatic heterocycles. The smallest absolute Gasteiger partial charge is 0.315 e. The summed E-state index contributed by atoms with van der Waals surface area (Å²) in [6, 6.07) is 0.684. The maximum atomic E-state index is 11.1. The Bertz CT molecular complexity index is 236. The molecule has 1 unspecified atom stereocenters. The third kappa shape index (κ3) is 1.52. The lowest BCUT2D eigenvalue weighted by Gasteiger charge is -2.30. The summed E-state index contributed by atoms with van der Waals surface area (Å²) in [5.74, 6) is 1.05. The molecule has 2 aliphatic rings. The quantitative estimate of drug-likeness (QED) is 0.577. The number of carbonyl (C=O) groups is 1. The normalized spacial score (nSPS) is 38.4. The number of fused-ring (bicyclic) bond motifs is 1. The van der Waals surface area contributed by atoms with E-state index in [4.69, 9.17) is 0 Å². The molecule has 2 amide bonds. The molecule has 74 valence electrons. The molecule has 3 nitrogen and oxygen atoms in total. The Morgan fingerprint density at radius 2 is 2.08 bits per heavy atom. The van der Waals surface area contributed by atoms with E-state index in [-0.39, 0.29) is 11.4 Å². The minimum Gasteiger partial charge on any atom is -0.332 e. The van der Waals surface area contributed by atoms with Crippen LogP contribution in [0.15, 0.2) is 0 Å². The maximum absolute atomic E-state index is 11.1. The van der Waals surface area contributed by atoms with Crippen LogP contribution in [0.2, 0.25) is 0 Å². The fourth-order valence-electron chi connectivity index (χ4n) is 2.08. The average Bonchev–Trinajstić information content (AvgIpc) is 2.41. The van der Waals surface area contributed by atoms with Crippen molar-refractivity contribution in [2.45, 2.75) is 38.1 Å². The van der Waals surface area contributed by atoms with Crippen LogP contribution >= 0.6 is 11.8 Å². The third-order valence-corrected chi connectivity index (χ3v) is 4.59. The Hall–Kier alpha value is -0.380. The van der Waals surface area contributed by atoms with Gasteiger partial charge < -0.3 is 10.6 Å². The zero-order chi connectivity index (χ0) is 9.64. The average molecular weight is 200 g/mol. The zero-order valence-corrected chi connectivity index (χ0v) is 9.07. The molecule has 2 heterocycles. The van der Waals surface area contributed by atoms with E-state index in [1.165, 1.54) is 0 Å². The van der Waals surface area contributed by atoms with Crippen molar-refractivity contribution in [2.24, 2.45) is 5.41 Å². The summed E-state index contributed by atoms with van der Waals surface area (Å²) >= 11 is 1.97. The molecule has 0 aromatic rings. The van der Waals surface area contributed by atoms with Crippen LogP contribution in [0.3, 0.4) is 0 Å². The van der Waals surface area contributed by atoms with Crippen molar-refractivity contribution < 1.29 is 4.79 Å². The summed E-state index contributed by atoms with van der Waals surface area (Å²) < 4.78 is 0. The van der Waals surface area contributed by atoms with Gasteiger partial charge in [0.05, 0.1) is 12.1 Å². The number of nitrogens with one attached hydrogen (secondary N) is 2. The maximum Gasteiger partial charge on any atom is 0.315 e. The van der Waals surface area contributed by atoms with Gasteiger partial charge in [0, 0.05) is 11.0 Å². The molecular formula is C9H16N2OS. The molecule has 2 saturated heterocycles. The van der Waals surface area contributed by atoms with Crippen LogP contribution in [-0.2, 0) is 0 Å². The van der Waals surface area contributed by atoms with Crippen LogP contribution in [0, 0.1) is 5.41 Å². The lowest BCUT2D eigenvalue weighted by Crippen LogP contribution is -2.42. The van der Waals surface area contributed by atoms with Gasteiger partial charge in [-0.2, -0.15) is 11.8 Å². The largest absolute Gasteiger partial charge is 0.332 e. The second-order valence-electron chi connectivity index (χ2n) is 4.87. The summed E-state index contributed by atoms with van der Waals surface area (Å²) in [6.07, 6.45) is 0. The Labute approximate surface area is 83.0 Å². The molecule has 0 aromatic heterocycles. The number of carbonyl (C=O) groups excluding carboxylic acids is 1. The van der Waals surface area contributed by atoms with E-state index < -0.39 is 0 Å². The standard InChI is InChI=1S/C9H16N2OS/c1-9(2,3)7-6-5(4-13-7)10-8(12)11-6/h5-7H,4H2,1-3H3,(H2,10,11,12)/t5-,6-,7?/m0/s1. The van der Waals surface area contributed by atoms with Gasteiger partial charge in [-0.05, 0) is 5.41 Å². The van der Waals surface area contributed by atoms with Crippen molar-refractivity contribution in [3.8, 4) is 0 Å². The van der Waals surface area contributed by atoms with Crippen molar-refractivity contribution in [1.29, 1.82) is 0 Å². The number of hydrogen-bond acceptors (Lipinski definition) is 2. The zero-order valence-electron chi connectivity index (χ0n) is 8.26. The van der Waals surface area contributed by atoms with E-state index in [1.54, 1.807) is 0 Å². The summed E-state index contributed by atoms with van der Waals surface area (Å²) in [5, 5.41) is 6.49. The minimum absolute atomic E-state index is 0.00421. The predicted molar refractivity (Wildman–Crippen MR) is 54.9 cm³/mol. The number of hydrogen-bond donors (Lipinski definition) is 2. The van der Waals surface area contributed by atoms with Crippen molar-refractivity contribution >= 4 is 17.8 Å². The highest BCUT2D eigenvalue weighted by Gasteiger charge is 2.47. The summed E-state index contributed by atoms with van der Waals surface area (Å²) in [4.78, 5) is 11.1. The number of rotatable bonds is 0. The number of amides is 2. The SMILES string of the molecule is CC(C)(C)C1SC[C@@H]2NC(=O)N[C@H]12. The number of thioether (sulfide) groups is 1. The van der Waals surface area contributed by atoms with Gasteiger partial charge in [-0.3, -0.25) is 0 Å². The lowest BCUT2D eigenvalue weighted by atomic mass is 9.86. The lowest BCUT2D eigenvalue weighted by molar-refractivity contribution is 0.246. The van der Waals surface area contributed by atoms with Crippen LogP contribution in [0.25, 0.3) is 0 Å². The Kier molecular flexibility index (Phi) is 1.98. The Morgan fingerprint density at radius 1 is 1.38 bits per heavy atom. The Balaban J connectivity index is 2.13. The third-order valence-electron chi connectivity index (χ3n) is 2.68. The fraction of sp³-hybridized carbons (Fsp3) is 0.889. The fourth-order valence-corrected chi connectivity index (χ4v) is 3.75. The molecular weight excluding hydrogens is 184 g/mol. The molecule has 13 heavy (non-hydrogen) atoms. The van der Waals surface area contributed by atoms with Gasteiger partial charge in [0.1, 0.15) is 0 Å². The van der Waals surface area contributed by atoms with Crippen molar-refractivity contribution in [1.82, 2.24) is 10.6 Å². The molecule has 2 fully saturated rings. The van der Waals surface area contributed by atoms with Gasteiger partial charge in [0.2, 0.25) is 0 Å². The van der Waals surface area contributed by atoms with Crippen molar-refractivity contribution in [3.05, 3.63) is 0 Å². The summed E-state index contributed by atoms with van der Waals surface area (Å²) in [7, 11) is 0. The van der Waals surface area contributed by atoms with E-state index >= 15 is 0 Å². The van der Waals surface area contributed by atoms with E-state index in [1.807, 2.05) is 11.8 Å². The van der Waals surface area contributed by atoms with Gasteiger partial charge in [0.15, 0.2) is 0 Å². The van der Waals surface area contributed by atoms with Crippen molar-refractivity contribution in [2.75, 3.05) is 5.75 Å². The molecule has 0 bridgehead atoms. The minimum atomic E-state index is 0.00421. The number of urea groups is 1. The summed E-state index contributed by atoms with van der Waals surface area (Å²) in [6.45, 7) is 6.70. The molecule has 0 radical (unpaired) electrons. The first-order chi connectivity index (χ1) is 5.98. The second-order valence-corrected chi connectivity index (χ2v) is 6.04. The van der Waals surface area contributed by atoms with Gasteiger partial charge in [-0.1, -0.05) is 20.8 Å². The van der Waals surface area contributed by atoms with E-state index in [2.05, 4.69) is 31.4 Å². The molecule has 0 saturated carbocycles. The molecule has 2 rings (SSSR count). The molecule has 2 N–H and O–H groups in total. The monoisotopic (exact) mass is 200 g/mol. The first kappa shape index (κ1) is 9.19. The molecule has 3 atom stereocenters. The summed E-state index contributed by atoms with van der Waals surface area (Å²) in [5.41, 5.74) is 0.267. The highest BCUT2D eigenvalue weighted by Crippen LogP contribution is 2.40. The van der Waals surface area contributed by atoms with Crippen LogP contribution in [-0.4, -0.2) is 29.1 Å².